The number of primary amides is 1. The van der Waals surface area contributed by atoms with Crippen molar-refractivity contribution in [2.24, 2.45) is 17.4 Å². The van der Waals surface area contributed by atoms with Crippen LogP contribution in [0.4, 0.5) is 13.2 Å². The van der Waals surface area contributed by atoms with Gasteiger partial charge in [-0.3, -0.25) is 4.79 Å². The fourth-order valence-electron chi connectivity index (χ4n) is 2.24. The summed E-state index contributed by atoms with van der Waals surface area (Å²) >= 11 is 0. The number of rotatable bonds is 5. The Balaban J connectivity index is 2.34. The van der Waals surface area contributed by atoms with Gasteiger partial charge in [-0.05, 0) is 25.2 Å². The Hall–Kier alpha value is -0.820. The zero-order valence-electron chi connectivity index (χ0n) is 9.43. The van der Waals surface area contributed by atoms with Crippen molar-refractivity contribution in [3.8, 4) is 0 Å². The van der Waals surface area contributed by atoms with E-state index in [4.69, 9.17) is 11.5 Å². The molecular weight excluding hydrogens is 237 g/mol. The van der Waals surface area contributed by atoms with E-state index < -0.39 is 24.2 Å². The van der Waals surface area contributed by atoms with Crippen molar-refractivity contribution < 1.29 is 22.7 Å². The number of hydrogen-bond acceptors (Lipinski definition) is 3. The monoisotopic (exact) mass is 254 g/mol. The lowest BCUT2D eigenvalue weighted by Crippen LogP contribution is -2.54. The van der Waals surface area contributed by atoms with Crippen LogP contribution in [0.1, 0.15) is 25.7 Å². The molecule has 1 aliphatic carbocycles. The van der Waals surface area contributed by atoms with Crippen LogP contribution in [0, 0.1) is 5.92 Å². The summed E-state index contributed by atoms with van der Waals surface area (Å²) in [7, 11) is 0. The quantitative estimate of drug-likeness (QED) is 0.717. The molecule has 0 aromatic heterocycles. The summed E-state index contributed by atoms with van der Waals surface area (Å²) < 4.78 is 39.9. The minimum atomic E-state index is -4.32. The first-order valence-corrected chi connectivity index (χ1v) is 5.49. The van der Waals surface area contributed by atoms with Gasteiger partial charge in [-0.15, -0.1) is 0 Å². The van der Waals surface area contributed by atoms with E-state index in [1.165, 1.54) is 0 Å². The molecule has 0 radical (unpaired) electrons. The predicted molar refractivity (Wildman–Crippen MR) is 54.9 cm³/mol. The van der Waals surface area contributed by atoms with E-state index in [9.17, 15) is 18.0 Å². The SMILES string of the molecule is NC(=O)C1(N)CCCC1CCOCC(F)(F)F. The lowest BCUT2D eigenvalue weighted by Gasteiger charge is -2.27. The Morgan fingerprint density at radius 1 is 1.47 bits per heavy atom. The minimum Gasteiger partial charge on any atom is -0.372 e. The number of amides is 1. The topological polar surface area (TPSA) is 78.3 Å². The highest BCUT2D eigenvalue weighted by molar-refractivity contribution is 5.85. The van der Waals surface area contributed by atoms with Gasteiger partial charge in [-0.25, -0.2) is 0 Å². The second kappa shape index (κ2) is 5.22. The van der Waals surface area contributed by atoms with Crippen molar-refractivity contribution in [3.63, 3.8) is 0 Å². The normalized spacial score (nSPS) is 29.5. The first kappa shape index (κ1) is 14.2. The third kappa shape index (κ3) is 3.85. The number of halogens is 3. The van der Waals surface area contributed by atoms with E-state index >= 15 is 0 Å². The first-order chi connectivity index (χ1) is 7.76. The largest absolute Gasteiger partial charge is 0.411 e. The second-order valence-electron chi connectivity index (χ2n) is 4.45. The van der Waals surface area contributed by atoms with Crippen molar-refractivity contribution in [1.29, 1.82) is 0 Å². The molecule has 0 heterocycles. The molecule has 4 nitrogen and oxygen atoms in total. The van der Waals surface area contributed by atoms with Gasteiger partial charge in [0.2, 0.25) is 5.91 Å². The molecule has 2 unspecified atom stereocenters. The average Bonchev–Trinajstić information content (AvgIpc) is 2.55. The van der Waals surface area contributed by atoms with Gasteiger partial charge in [0.25, 0.3) is 0 Å². The van der Waals surface area contributed by atoms with Crippen LogP contribution in [0.3, 0.4) is 0 Å². The summed E-state index contributed by atoms with van der Waals surface area (Å²) in [6.45, 7) is -1.33. The molecule has 2 atom stereocenters. The van der Waals surface area contributed by atoms with Gasteiger partial charge in [-0.1, -0.05) is 6.42 Å². The molecule has 100 valence electrons. The number of hydrogen-bond donors (Lipinski definition) is 2. The first-order valence-electron chi connectivity index (χ1n) is 5.49. The van der Waals surface area contributed by atoms with Crippen LogP contribution < -0.4 is 11.5 Å². The van der Waals surface area contributed by atoms with Crippen LogP contribution in [0.15, 0.2) is 0 Å². The summed E-state index contributed by atoms with van der Waals surface area (Å²) in [5.41, 5.74) is 9.99. The molecule has 17 heavy (non-hydrogen) atoms. The molecule has 1 amide bonds. The van der Waals surface area contributed by atoms with Crippen molar-refractivity contribution in [2.75, 3.05) is 13.2 Å². The average molecular weight is 254 g/mol. The molecule has 1 fully saturated rings. The molecule has 0 saturated heterocycles. The Bertz CT molecular complexity index is 283. The van der Waals surface area contributed by atoms with E-state index in [2.05, 4.69) is 4.74 Å². The lowest BCUT2D eigenvalue weighted by atomic mass is 9.85. The van der Waals surface area contributed by atoms with Crippen molar-refractivity contribution in [1.82, 2.24) is 0 Å². The molecular formula is C10H17F3N2O2. The summed E-state index contributed by atoms with van der Waals surface area (Å²) in [5, 5.41) is 0. The van der Waals surface area contributed by atoms with Gasteiger partial charge in [-0.2, -0.15) is 13.2 Å². The van der Waals surface area contributed by atoms with Gasteiger partial charge < -0.3 is 16.2 Å². The molecule has 0 aromatic carbocycles. The van der Waals surface area contributed by atoms with Crippen LogP contribution >= 0.6 is 0 Å². The Morgan fingerprint density at radius 3 is 2.65 bits per heavy atom. The maximum absolute atomic E-state index is 11.8. The van der Waals surface area contributed by atoms with E-state index in [1.54, 1.807) is 0 Å². The fourth-order valence-corrected chi connectivity index (χ4v) is 2.24. The van der Waals surface area contributed by atoms with Gasteiger partial charge in [0, 0.05) is 6.61 Å². The van der Waals surface area contributed by atoms with Crippen LogP contribution in [0.2, 0.25) is 0 Å². The Kier molecular flexibility index (Phi) is 4.37. The van der Waals surface area contributed by atoms with Crippen LogP contribution in [-0.2, 0) is 9.53 Å². The minimum absolute atomic E-state index is 0.0591. The van der Waals surface area contributed by atoms with Crippen molar-refractivity contribution in [2.45, 2.75) is 37.4 Å². The number of carbonyl (C=O) groups is 1. The highest BCUT2D eigenvalue weighted by atomic mass is 19.4. The summed E-state index contributed by atoms with van der Waals surface area (Å²) in [6, 6.07) is 0. The molecule has 0 aromatic rings. The smallest absolute Gasteiger partial charge is 0.372 e. The molecule has 0 bridgehead atoms. The number of carbonyl (C=O) groups excluding carboxylic acids is 1. The zero-order valence-corrected chi connectivity index (χ0v) is 9.43. The van der Waals surface area contributed by atoms with Gasteiger partial charge >= 0.3 is 6.18 Å². The second-order valence-corrected chi connectivity index (χ2v) is 4.45. The van der Waals surface area contributed by atoms with Crippen LogP contribution in [-0.4, -0.2) is 30.8 Å². The third-order valence-corrected chi connectivity index (χ3v) is 3.21. The highest BCUT2D eigenvalue weighted by Crippen LogP contribution is 2.35. The zero-order chi connectivity index (χ0) is 13.1. The standard InChI is InChI=1S/C10H17F3N2O2/c11-10(12,13)6-17-5-3-7-2-1-4-9(7,15)8(14)16/h7H,1-6,15H2,(H2,14,16). The Morgan fingerprint density at radius 2 is 2.12 bits per heavy atom. The molecule has 7 heteroatoms. The number of alkyl halides is 3. The van der Waals surface area contributed by atoms with Crippen LogP contribution in [0.5, 0.6) is 0 Å². The van der Waals surface area contributed by atoms with E-state index in [0.29, 0.717) is 19.3 Å². The summed E-state index contributed by atoms with van der Waals surface area (Å²) in [5.74, 6) is -0.774. The van der Waals surface area contributed by atoms with Gasteiger partial charge in [0.1, 0.15) is 6.61 Å². The molecule has 1 rings (SSSR count). The number of nitrogens with two attached hydrogens (primary N) is 2. The maximum Gasteiger partial charge on any atom is 0.411 e. The highest BCUT2D eigenvalue weighted by Gasteiger charge is 2.44. The van der Waals surface area contributed by atoms with Gasteiger partial charge in [0.05, 0.1) is 5.54 Å². The predicted octanol–water partition coefficient (Wildman–Crippen LogP) is 0.938. The van der Waals surface area contributed by atoms with E-state index in [-0.39, 0.29) is 12.5 Å². The summed E-state index contributed by atoms with van der Waals surface area (Å²) in [6.07, 6.45) is -2.03. The summed E-state index contributed by atoms with van der Waals surface area (Å²) in [4.78, 5) is 11.2. The molecule has 0 aliphatic heterocycles. The van der Waals surface area contributed by atoms with Crippen LogP contribution in [0.25, 0.3) is 0 Å². The maximum atomic E-state index is 11.8. The lowest BCUT2D eigenvalue weighted by molar-refractivity contribution is -0.174. The van der Waals surface area contributed by atoms with Crippen molar-refractivity contribution in [3.05, 3.63) is 0 Å². The van der Waals surface area contributed by atoms with E-state index in [0.717, 1.165) is 6.42 Å². The molecule has 0 spiro atoms. The fraction of sp³-hybridized carbons (Fsp3) is 0.900. The third-order valence-electron chi connectivity index (χ3n) is 3.21. The van der Waals surface area contributed by atoms with E-state index in [1.807, 2.05) is 0 Å². The van der Waals surface area contributed by atoms with Crippen molar-refractivity contribution >= 4 is 5.91 Å². The molecule has 1 aliphatic rings. The Labute approximate surface area is 97.5 Å². The molecule has 1 saturated carbocycles. The van der Waals surface area contributed by atoms with Gasteiger partial charge in [0.15, 0.2) is 0 Å². The number of ether oxygens (including phenoxy) is 1. The molecule has 4 N–H and O–H groups in total.